The molecule has 0 saturated heterocycles. The van der Waals surface area contributed by atoms with Gasteiger partial charge in [-0.25, -0.2) is 0 Å². The maximum atomic E-state index is 12.8. The molecule has 0 saturated carbocycles. The van der Waals surface area contributed by atoms with Crippen molar-refractivity contribution in [2.24, 2.45) is 0 Å². The van der Waals surface area contributed by atoms with Gasteiger partial charge in [0.2, 0.25) is 0 Å². The van der Waals surface area contributed by atoms with Crippen LogP contribution in [-0.4, -0.2) is 11.6 Å². The molecule has 2 N–H and O–H groups in total. The molecule has 0 fully saturated rings. The third-order valence-corrected chi connectivity index (χ3v) is 5.69. The maximum Gasteiger partial charge on any atom is 0.197 e. The highest BCUT2D eigenvalue weighted by Gasteiger charge is 2.33. The highest BCUT2D eigenvalue weighted by atomic mass is 16.2. The van der Waals surface area contributed by atoms with Crippen LogP contribution in [0.15, 0.2) is 90.5 Å². The molecule has 0 aromatic heterocycles. The number of fused-ring (bicyclic) bond motifs is 2. The summed E-state index contributed by atoms with van der Waals surface area (Å²) in [6.07, 6.45) is 4.77. The molecule has 1 atom stereocenters. The summed E-state index contributed by atoms with van der Waals surface area (Å²) < 4.78 is 0. The largest absolute Gasteiger partial charge is 0.399 e. The highest BCUT2D eigenvalue weighted by molar-refractivity contribution is 6.40. The van der Waals surface area contributed by atoms with Crippen LogP contribution < -0.4 is 5.73 Å². The van der Waals surface area contributed by atoms with Crippen molar-refractivity contribution in [3.63, 3.8) is 0 Å². The van der Waals surface area contributed by atoms with Crippen molar-refractivity contribution in [1.29, 1.82) is 0 Å². The number of carbonyl (C=O) groups is 2. The maximum absolute atomic E-state index is 12.8. The van der Waals surface area contributed by atoms with Crippen molar-refractivity contribution < 1.29 is 9.59 Å². The Bertz CT molecular complexity index is 1180. The first kappa shape index (κ1) is 17.4. The van der Waals surface area contributed by atoms with Crippen molar-refractivity contribution >= 4 is 22.8 Å². The lowest BCUT2D eigenvalue weighted by Crippen LogP contribution is -2.01. The molecule has 3 heteroatoms. The van der Waals surface area contributed by atoms with Gasteiger partial charge in [0.05, 0.1) is 5.57 Å². The van der Waals surface area contributed by atoms with Gasteiger partial charge in [0.25, 0.3) is 0 Å². The molecule has 1 unspecified atom stereocenters. The van der Waals surface area contributed by atoms with Gasteiger partial charge in [-0.2, -0.15) is 0 Å². The summed E-state index contributed by atoms with van der Waals surface area (Å²) in [4.78, 5) is 25.6. The number of anilines is 1. The fraction of sp³-hybridized carbons (Fsp3) is 0.0769. The number of hydrogen-bond acceptors (Lipinski definition) is 3. The summed E-state index contributed by atoms with van der Waals surface area (Å²) in [6, 6.07) is 23.1. The molecule has 0 heterocycles. The van der Waals surface area contributed by atoms with Crippen LogP contribution in [0.1, 0.15) is 43.3 Å². The Morgan fingerprint density at radius 3 is 2.00 bits per heavy atom. The average Bonchev–Trinajstić information content (AvgIpc) is 3.21. The number of allylic oxidation sites excluding steroid dienone is 4. The van der Waals surface area contributed by atoms with Gasteiger partial charge in [-0.05, 0) is 46.9 Å². The van der Waals surface area contributed by atoms with Crippen LogP contribution in [-0.2, 0) is 6.42 Å². The molecule has 5 rings (SSSR count). The van der Waals surface area contributed by atoms with Crippen LogP contribution in [0.2, 0.25) is 0 Å². The van der Waals surface area contributed by atoms with E-state index < -0.39 is 0 Å². The Morgan fingerprint density at radius 1 is 0.759 bits per heavy atom. The predicted molar refractivity (Wildman–Crippen MR) is 115 cm³/mol. The molecule has 140 valence electrons. The number of rotatable bonds is 3. The first-order chi connectivity index (χ1) is 14.1. The zero-order valence-corrected chi connectivity index (χ0v) is 15.8. The Kier molecular flexibility index (Phi) is 4.02. The summed E-state index contributed by atoms with van der Waals surface area (Å²) in [6.45, 7) is 0. The van der Waals surface area contributed by atoms with E-state index in [2.05, 4.69) is 18.2 Å². The molecule has 3 aromatic rings. The van der Waals surface area contributed by atoms with Gasteiger partial charge >= 0.3 is 0 Å². The Labute approximate surface area is 169 Å². The molecule has 0 bridgehead atoms. The van der Waals surface area contributed by atoms with Gasteiger partial charge in [-0.15, -0.1) is 0 Å². The van der Waals surface area contributed by atoms with Gasteiger partial charge < -0.3 is 5.73 Å². The quantitative estimate of drug-likeness (QED) is 0.397. The van der Waals surface area contributed by atoms with Gasteiger partial charge in [-0.3, -0.25) is 9.59 Å². The number of Topliss-reactive ketones (excluding diaryl/α,β-unsaturated/α-hetero) is 2. The van der Waals surface area contributed by atoms with E-state index in [4.69, 9.17) is 5.73 Å². The lowest BCUT2D eigenvalue weighted by atomic mass is 9.93. The molecule has 3 aromatic carbocycles. The zero-order chi connectivity index (χ0) is 20.0. The van der Waals surface area contributed by atoms with Gasteiger partial charge in [0, 0.05) is 22.7 Å². The van der Waals surface area contributed by atoms with E-state index in [0.717, 1.165) is 23.2 Å². The Morgan fingerprint density at radius 2 is 1.34 bits per heavy atom. The lowest BCUT2D eigenvalue weighted by Gasteiger charge is -2.11. The minimum atomic E-state index is -0.189. The third kappa shape index (κ3) is 2.92. The Balaban J connectivity index is 1.53. The first-order valence-corrected chi connectivity index (χ1v) is 9.67. The van der Waals surface area contributed by atoms with E-state index in [1.54, 1.807) is 30.3 Å². The predicted octanol–water partition coefficient (Wildman–Crippen LogP) is 5.00. The number of carbonyl (C=O) groups excluding carboxylic acids is 2. The molecule has 0 amide bonds. The molecular formula is C26H19NO2. The van der Waals surface area contributed by atoms with Crippen LogP contribution in [0.3, 0.4) is 0 Å². The van der Waals surface area contributed by atoms with Crippen molar-refractivity contribution in [3.8, 4) is 0 Å². The Hall–Kier alpha value is -3.72. The number of hydrogen-bond donors (Lipinski definition) is 1. The van der Waals surface area contributed by atoms with Gasteiger partial charge in [-0.1, -0.05) is 66.7 Å². The average molecular weight is 377 g/mol. The molecule has 0 radical (unpaired) electrons. The first-order valence-electron chi connectivity index (χ1n) is 9.67. The van der Waals surface area contributed by atoms with E-state index in [1.165, 1.54) is 11.1 Å². The minimum Gasteiger partial charge on any atom is -0.399 e. The second-order valence-corrected chi connectivity index (χ2v) is 7.52. The summed E-state index contributed by atoms with van der Waals surface area (Å²) in [5.41, 5.74) is 12.2. The minimum absolute atomic E-state index is 0.189. The van der Waals surface area contributed by atoms with Crippen LogP contribution >= 0.6 is 0 Å². The standard InChI is InChI=1S/C26H19NO2/c27-19-11-9-16(10-12-19)13-17-14-18(21-6-2-1-5-20(17)21)15-24-25(28)22-7-3-4-8-23(22)26(24)29/h1-12,14-15,17H,13,27H2. The van der Waals surface area contributed by atoms with E-state index in [0.29, 0.717) is 11.1 Å². The van der Waals surface area contributed by atoms with E-state index in [9.17, 15) is 9.59 Å². The molecule has 3 nitrogen and oxygen atoms in total. The number of nitrogen functional groups attached to an aromatic ring is 1. The third-order valence-electron chi connectivity index (χ3n) is 5.69. The SMILES string of the molecule is Nc1ccc(CC2C=C(C=C3C(=O)c4ccccc4C3=O)c3ccccc32)cc1. The highest BCUT2D eigenvalue weighted by Crippen LogP contribution is 2.40. The smallest absolute Gasteiger partial charge is 0.197 e. The van der Waals surface area contributed by atoms with E-state index >= 15 is 0 Å². The van der Waals surface area contributed by atoms with Crippen LogP contribution in [0.4, 0.5) is 5.69 Å². The summed E-state index contributed by atoms with van der Waals surface area (Å²) in [5, 5.41) is 0. The number of benzene rings is 3. The molecule has 0 aliphatic heterocycles. The number of ketones is 2. The zero-order valence-electron chi connectivity index (χ0n) is 15.8. The van der Waals surface area contributed by atoms with Crippen LogP contribution in [0, 0.1) is 0 Å². The number of nitrogens with two attached hydrogens (primary N) is 1. The summed E-state index contributed by atoms with van der Waals surface area (Å²) in [5.74, 6) is -0.187. The van der Waals surface area contributed by atoms with Crippen molar-refractivity contribution in [1.82, 2.24) is 0 Å². The topological polar surface area (TPSA) is 60.2 Å². The second kappa shape index (κ2) is 6.71. The molecule has 2 aliphatic rings. The fourth-order valence-corrected chi connectivity index (χ4v) is 4.24. The normalized spacial score (nSPS) is 17.2. The van der Waals surface area contributed by atoms with Crippen molar-refractivity contribution in [2.45, 2.75) is 12.3 Å². The monoisotopic (exact) mass is 377 g/mol. The second-order valence-electron chi connectivity index (χ2n) is 7.52. The van der Waals surface area contributed by atoms with Crippen LogP contribution in [0.5, 0.6) is 0 Å². The summed E-state index contributed by atoms with van der Waals surface area (Å²) in [7, 11) is 0. The lowest BCUT2D eigenvalue weighted by molar-refractivity contribution is 0.0989. The van der Waals surface area contributed by atoms with Crippen molar-refractivity contribution in [2.75, 3.05) is 5.73 Å². The molecule has 2 aliphatic carbocycles. The summed E-state index contributed by atoms with van der Waals surface area (Å²) >= 11 is 0. The van der Waals surface area contributed by atoms with Gasteiger partial charge in [0.1, 0.15) is 0 Å². The van der Waals surface area contributed by atoms with Crippen molar-refractivity contribution in [3.05, 3.63) is 118 Å². The fourth-order valence-electron chi connectivity index (χ4n) is 4.24. The van der Waals surface area contributed by atoms with E-state index in [-0.39, 0.29) is 23.1 Å². The molecular weight excluding hydrogens is 358 g/mol. The van der Waals surface area contributed by atoms with E-state index in [1.807, 2.05) is 36.4 Å². The molecule has 0 spiro atoms. The molecule has 29 heavy (non-hydrogen) atoms. The van der Waals surface area contributed by atoms with Gasteiger partial charge in [0.15, 0.2) is 11.6 Å². The van der Waals surface area contributed by atoms with Crippen LogP contribution in [0.25, 0.3) is 5.57 Å².